The minimum absolute atomic E-state index is 0.0856. The van der Waals surface area contributed by atoms with Crippen molar-refractivity contribution in [1.29, 1.82) is 0 Å². The third-order valence-corrected chi connectivity index (χ3v) is 4.50. The zero-order valence-corrected chi connectivity index (χ0v) is 14.3. The number of rotatable bonds is 5. The van der Waals surface area contributed by atoms with E-state index in [2.05, 4.69) is 0 Å². The van der Waals surface area contributed by atoms with Gasteiger partial charge in [0.25, 0.3) is 0 Å². The van der Waals surface area contributed by atoms with E-state index < -0.39 is 36.5 Å². The Morgan fingerprint density at radius 2 is 1.83 bits per heavy atom. The summed E-state index contributed by atoms with van der Waals surface area (Å²) in [5.74, 6) is -1.68. The maximum atomic E-state index is 13.7. The van der Waals surface area contributed by atoms with Crippen molar-refractivity contribution in [2.24, 2.45) is 0 Å². The van der Waals surface area contributed by atoms with Crippen LogP contribution < -0.4 is 0 Å². The molecule has 0 saturated carbocycles. The maximum Gasteiger partial charge on any atom is 0.492 e. The zero-order chi connectivity index (χ0) is 18.1. The number of halogens is 1. The predicted molar refractivity (Wildman–Crippen MR) is 88.9 cm³/mol. The molecule has 130 valence electrons. The van der Waals surface area contributed by atoms with Crippen molar-refractivity contribution in [3.8, 4) is 0 Å². The second kappa shape index (κ2) is 6.66. The van der Waals surface area contributed by atoms with E-state index in [-0.39, 0.29) is 12.2 Å². The Balaban J connectivity index is 2.30. The summed E-state index contributed by atoms with van der Waals surface area (Å²) in [6.07, 6.45) is 1.23. The van der Waals surface area contributed by atoms with Gasteiger partial charge in [-0.15, -0.1) is 0 Å². The molecule has 7 heteroatoms. The Bertz CT molecular complexity index is 653. The van der Waals surface area contributed by atoms with Crippen LogP contribution in [0.4, 0.5) is 4.39 Å². The number of aliphatic carboxylic acids is 1. The van der Waals surface area contributed by atoms with E-state index in [1.165, 1.54) is 18.2 Å². The van der Waals surface area contributed by atoms with Gasteiger partial charge in [-0.3, -0.25) is 4.79 Å². The first-order valence-electron chi connectivity index (χ1n) is 7.73. The summed E-state index contributed by atoms with van der Waals surface area (Å²) in [4.78, 5) is 10.8. The number of hydrogen-bond donors (Lipinski definition) is 2. The van der Waals surface area contributed by atoms with Gasteiger partial charge >= 0.3 is 13.1 Å². The number of carbonyl (C=O) groups is 1. The van der Waals surface area contributed by atoms with Crippen LogP contribution in [-0.2, 0) is 20.5 Å². The highest BCUT2D eigenvalue weighted by Gasteiger charge is 2.52. The van der Waals surface area contributed by atoms with Crippen molar-refractivity contribution in [2.45, 2.75) is 45.3 Å². The monoisotopic (exact) mass is 336 g/mol. The summed E-state index contributed by atoms with van der Waals surface area (Å²) in [5.41, 5.74) is 0.0715. The molecule has 24 heavy (non-hydrogen) atoms. The second-order valence-corrected chi connectivity index (χ2v) is 6.89. The highest BCUT2D eigenvalue weighted by molar-refractivity contribution is 6.55. The fraction of sp³-hybridized carbons (Fsp3) is 0.471. The molecule has 1 saturated heterocycles. The van der Waals surface area contributed by atoms with Gasteiger partial charge in [-0.05, 0) is 56.4 Å². The molecule has 1 aliphatic heterocycles. The van der Waals surface area contributed by atoms with Crippen LogP contribution in [0.3, 0.4) is 0 Å². The first-order valence-corrected chi connectivity index (χ1v) is 7.73. The molecule has 1 aromatic rings. The average molecular weight is 336 g/mol. The minimum atomic E-state index is -1.11. The average Bonchev–Trinajstić information content (AvgIpc) is 2.67. The lowest BCUT2D eigenvalue weighted by atomic mass is 9.77. The Morgan fingerprint density at radius 1 is 1.25 bits per heavy atom. The first-order chi connectivity index (χ1) is 11.1. The minimum Gasteiger partial charge on any atom is -0.481 e. The molecule has 2 rings (SSSR count). The Hall–Kier alpha value is -1.70. The molecular formula is C17H22BFO5. The normalized spacial score (nSPS) is 19.6. The van der Waals surface area contributed by atoms with E-state index in [4.69, 9.17) is 14.4 Å². The van der Waals surface area contributed by atoms with Crippen molar-refractivity contribution >= 4 is 19.2 Å². The molecule has 0 aliphatic carbocycles. The van der Waals surface area contributed by atoms with Crippen LogP contribution >= 0.6 is 0 Å². The van der Waals surface area contributed by atoms with Gasteiger partial charge in [-0.2, -0.15) is 0 Å². The van der Waals surface area contributed by atoms with Gasteiger partial charge in [0.05, 0.1) is 24.2 Å². The number of carboxylic acids is 1. The SMILES string of the molecule is CC1(C)OB(C(=Cc2ccc(F)c(CC(=O)O)c2)CO)OC1(C)C. The van der Waals surface area contributed by atoms with E-state index in [1.807, 2.05) is 27.7 Å². The number of carboxylic acid groups (broad SMARTS) is 1. The number of hydrogen-bond acceptors (Lipinski definition) is 4. The lowest BCUT2D eigenvalue weighted by Crippen LogP contribution is -2.41. The summed E-state index contributed by atoms with van der Waals surface area (Å²) in [5, 5.41) is 18.5. The lowest BCUT2D eigenvalue weighted by molar-refractivity contribution is -0.136. The molecule has 1 heterocycles. The molecule has 0 amide bonds. The molecule has 2 N–H and O–H groups in total. The first kappa shape index (κ1) is 18.6. The molecule has 0 bridgehead atoms. The number of aliphatic hydroxyl groups is 1. The van der Waals surface area contributed by atoms with Crippen LogP contribution in [0.25, 0.3) is 6.08 Å². The highest BCUT2D eigenvalue weighted by atomic mass is 19.1. The van der Waals surface area contributed by atoms with Gasteiger partial charge in [-0.25, -0.2) is 4.39 Å². The molecular weight excluding hydrogens is 314 g/mol. The van der Waals surface area contributed by atoms with Gasteiger partial charge in [-0.1, -0.05) is 12.1 Å². The largest absolute Gasteiger partial charge is 0.492 e. The van der Waals surface area contributed by atoms with Crippen LogP contribution in [0.5, 0.6) is 0 Å². The molecule has 0 spiro atoms. The Kier molecular flexibility index (Phi) is 5.18. The molecule has 1 aromatic carbocycles. The van der Waals surface area contributed by atoms with Gasteiger partial charge in [0.2, 0.25) is 0 Å². The summed E-state index contributed by atoms with van der Waals surface area (Å²) in [7, 11) is -0.715. The third-order valence-electron chi connectivity index (χ3n) is 4.50. The van der Waals surface area contributed by atoms with E-state index in [9.17, 15) is 14.3 Å². The quantitative estimate of drug-likeness (QED) is 0.808. The molecule has 0 atom stereocenters. The van der Waals surface area contributed by atoms with Crippen LogP contribution in [0.1, 0.15) is 38.8 Å². The van der Waals surface area contributed by atoms with E-state index in [0.29, 0.717) is 11.0 Å². The van der Waals surface area contributed by atoms with Crippen LogP contribution in [-0.4, -0.2) is 41.1 Å². The summed E-state index contributed by atoms with van der Waals surface area (Å²) >= 11 is 0. The number of benzene rings is 1. The molecule has 0 unspecified atom stereocenters. The third kappa shape index (κ3) is 3.86. The smallest absolute Gasteiger partial charge is 0.481 e. The summed E-state index contributed by atoms with van der Waals surface area (Å²) < 4.78 is 25.4. The standard InChI is InChI=1S/C17H22BFO5/c1-16(2)17(3,4)24-18(23-16)13(10-20)8-11-5-6-14(19)12(7-11)9-15(21)22/h5-8,20H,9-10H2,1-4H3,(H,21,22). The zero-order valence-electron chi connectivity index (χ0n) is 14.3. The second-order valence-electron chi connectivity index (χ2n) is 6.89. The fourth-order valence-corrected chi connectivity index (χ4v) is 2.38. The fourth-order valence-electron chi connectivity index (χ4n) is 2.38. The van der Waals surface area contributed by atoms with Crippen molar-refractivity contribution in [3.05, 3.63) is 40.6 Å². The molecule has 0 aromatic heterocycles. The van der Waals surface area contributed by atoms with Gasteiger partial charge in [0.1, 0.15) is 5.82 Å². The summed E-state index contributed by atoms with van der Waals surface area (Å²) in [6.45, 7) is 7.34. The number of aliphatic hydroxyl groups excluding tert-OH is 1. The molecule has 5 nitrogen and oxygen atoms in total. The van der Waals surface area contributed by atoms with Crippen molar-refractivity contribution in [1.82, 2.24) is 0 Å². The Morgan fingerprint density at radius 3 is 2.33 bits per heavy atom. The van der Waals surface area contributed by atoms with Gasteiger partial charge in [0, 0.05) is 0 Å². The van der Waals surface area contributed by atoms with E-state index in [1.54, 1.807) is 6.08 Å². The van der Waals surface area contributed by atoms with Gasteiger partial charge in [0.15, 0.2) is 0 Å². The lowest BCUT2D eigenvalue weighted by Gasteiger charge is -2.32. The van der Waals surface area contributed by atoms with Crippen LogP contribution in [0, 0.1) is 5.82 Å². The van der Waals surface area contributed by atoms with Crippen molar-refractivity contribution in [3.63, 3.8) is 0 Å². The van der Waals surface area contributed by atoms with Crippen LogP contribution in [0.15, 0.2) is 23.7 Å². The topological polar surface area (TPSA) is 76.0 Å². The van der Waals surface area contributed by atoms with Crippen LogP contribution in [0.2, 0.25) is 0 Å². The molecule has 1 fully saturated rings. The van der Waals surface area contributed by atoms with E-state index in [0.717, 1.165) is 0 Å². The highest BCUT2D eigenvalue weighted by Crippen LogP contribution is 2.38. The van der Waals surface area contributed by atoms with E-state index >= 15 is 0 Å². The van der Waals surface area contributed by atoms with Crippen molar-refractivity contribution in [2.75, 3.05) is 6.61 Å². The predicted octanol–water partition coefficient (Wildman–Crippen LogP) is 2.46. The molecule has 1 aliphatic rings. The molecule has 0 radical (unpaired) electrons. The van der Waals surface area contributed by atoms with Crippen molar-refractivity contribution < 1.29 is 28.7 Å². The maximum absolute atomic E-state index is 13.7. The van der Waals surface area contributed by atoms with Gasteiger partial charge < -0.3 is 19.5 Å². The Labute approximate surface area is 141 Å². The summed E-state index contributed by atoms with van der Waals surface area (Å²) in [6, 6.07) is 4.18.